The number of rotatable bonds is 6. The van der Waals surface area contributed by atoms with Crippen LogP contribution < -0.4 is 9.64 Å². The Labute approximate surface area is 191 Å². The Balaban J connectivity index is 1.89. The van der Waals surface area contributed by atoms with Crippen molar-refractivity contribution < 1.29 is 19.4 Å². The highest BCUT2D eigenvalue weighted by atomic mass is 32.1. The molecule has 0 bridgehead atoms. The van der Waals surface area contributed by atoms with Crippen LogP contribution in [0, 0.1) is 13.8 Å². The van der Waals surface area contributed by atoms with Gasteiger partial charge in [-0.2, -0.15) is 0 Å². The number of hydrogen-bond acceptors (Lipinski definition) is 5. The van der Waals surface area contributed by atoms with Crippen molar-refractivity contribution in [2.24, 2.45) is 0 Å². The number of carbonyl (C=O) groups excluding carboxylic acids is 2. The number of ether oxygens (including phenoxy) is 1. The first-order chi connectivity index (χ1) is 15.3. The number of ketones is 1. The van der Waals surface area contributed by atoms with E-state index in [4.69, 9.17) is 4.74 Å². The molecular weight excluding hydrogens is 422 g/mol. The smallest absolute Gasteiger partial charge is 0.294 e. The molecule has 1 aromatic heterocycles. The lowest BCUT2D eigenvalue weighted by Gasteiger charge is -2.28. The summed E-state index contributed by atoms with van der Waals surface area (Å²) in [5.41, 5.74) is 3.38. The lowest BCUT2D eigenvalue weighted by Crippen LogP contribution is -2.31. The zero-order valence-electron chi connectivity index (χ0n) is 18.5. The molecule has 32 heavy (non-hydrogen) atoms. The molecule has 0 spiro atoms. The topological polar surface area (TPSA) is 66.8 Å². The van der Waals surface area contributed by atoms with Crippen molar-refractivity contribution in [1.29, 1.82) is 0 Å². The van der Waals surface area contributed by atoms with E-state index in [1.165, 1.54) is 16.2 Å². The number of Topliss-reactive ketones (excluding diaryl/α,β-unsaturated/α-hetero) is 1. The molecule has 1 aliphatic heterocycles. The van der Waals surface area contributed by atoms with E-state index in [2.05, 4.69) is 0 Å². The van der Waals surface area contributed by atoms with Gasteiger partial charge in [-0.15, -0.1) is 11.3 Å². The Kier molecular flexibility index (Phi) is 5.89. The number of thiophene rings is 1. The Hall–Kier alpha value is -3.38. The van der Waals surface area contributed by atoms with Gasteiger partial charge in [-0.3, -0.25) is 14.5 Å². The molecule has 5 nitrogen and oxygen atoms in total. The maximum atomic E-state index is 13.4. The Morgan fingerprint density at radius 2 is 1.78 bits per heavy atom. The summed E-state index contributed by atoms with van der Waals surface area (Å²) in [5.74, 6) is -0.810. The number of aliphatic hydroxyl groups excluding tert-OH is 1. The van der Waals surface area contributed by atoms with Gasteiger partial charge < -0.3 is 9.84 Å². The molecule has 1 amide bonds. The minimum absolute atomic E-state index is 0.0258. The summed E-state index contributed by atoms with van der Waals surface area (Å²) in [4.78, 5) is 28.7. The van der Waals surface area contributed by atoms with E-state index in [0.29, 0.717) is 21.9 Å². The lowest BCUT2D eigenvalue weighted by atomic mass is 9.94. The molecule has 1 N–H and O–H groups in total. The number of nitrogens with zero attached hydrogens (tertiary/aromatic N) is 1. The van der Waals surface area contributed by atoms with Crippen LogP contribution in [0.4, 0.5) is 5.69 Å². The van der Waals surface area contributed by atoms with E-state index in [1.54, 1.807) is 17.5 Å². The Bertz CT molecular complexity index is 1190. The average Bonchev–Trinajstić information content (AvgIpc) is 3.34. The summed E-state index contributed by atoms with van der Waals surface area (Å²) in [6.07, 6.45) is -0.0258. The van der Waals surface area contributed by atoms with Crippen molar-refractivity contribution in [1.82, 2.24) is 0 Å². The minimum atomic E-state index is -0.769. The Morgan fingerprint density at radius 1 is 1.06 bits per heavy atom. The molecule has 1 atom stereocenters. The SMILES string of the molecule is Cc1cc(C)cc(N2C(=O)C(O)=C(C(=O)c3cccs3)C2c2cccc(OC(C)C)c2)c1. The number of anilines is 1. The predicted octanol–water partition coefficient (Wildman–Crippen LogP) is 5.94. The fraction of sp³-hybridized carbons (Fsp3) is 0.231. The van der Waals surface area contributed by atoms with Gasteiger partial charge in [0.15, 0.2) is 5.76 Å². The van der Waals surface area contributed by atoms with E-state index in [0.717, 1.165) is 11.1 Å². The van der Waals surface area contributed by atoms with Crippen LogP contribution in [0.3, 0.4) is 0 Å². The van der Waals surface area contributed by atoms with Gasteiger partial charge in [0.05, 0.1) is 22.6 Å². The number of aliphatic hydroxyl groups is 1. The first-order valence-electron chi connectivity index (χ1n) is 10.5. The van der Waals surface area contributed by atoms with Crippen molar-refractivity contribution in [3.05, 3.63) is 92.9 Å². The quantitative estimate of drug-likeness (QED) is 0.475. The monoisotopic (exact) mass is 447 g/mol. The summed E-state index contributed by atoms with van der Waals surface area (Å²) < 4.78 is 5.85. The molecule has 3 aromatic rings. The largest absolute Gasteiger partial charge is 0.503 e. The van der Waals surface area contributed by atoms with Gasteiger partial charge in [0.1, 0.15) is 5.75 Å². The highest BCUT2D eigenvalue weighted by Gasteiger charge is 2.45. The van der Waals surface area contributed by atoms with Crippen LogP contribution in [0.2, 0.25) is 0 Å². The zero-order chi connectivity index (χ0) is 23.0. The van der Waals surface area contributed by atoms with Crippen LogP contribution in [-0.4, -0.2) is 22.9 Å². The number of aryl methyl sites for hydroxylation is 2. The summed E-state index contributed by atoms with van der Waals surface area (Å²) in [7, 11) is 0. The van der Waals surface area contributed by atoms with Crippen LogP contribution in [-0.2, 0) is 4.79 Å². The molecule has 0 fully saturated rings. The number of hydrogen-bond donors (Lipinski definition) is 1. The fourth-order valence-electron chi connectivity index (χ4n) is 4.08. The molecule has 6 heteroatoms. The van der Waals surface area contributed by atoms with Crippen LogP contribution >= 0.6 is 11.3 Å². The third-order valence-electron chi connectivity index (χ3n) is 5.23. The van der Waals surface area contributed by atoms with E-state index in [9.17, 15) is 14.7 Å². The molecule has 0 radical (unpaired) electrons. The molecular formula is C26H25NO4S. The van der Waals surface area contributed by atoms with Crippen LogP contribution in [0.1, 0.15) is 46.3 Å². The molecule has 0 saturated heterocycles. The average molecular weight is 448 g/mol. The third-order valence-corrected chi connectivity index (χ3v) is 6.10. The second kappa shape index (κ2) is 8.63. The molecule has 4 rings (SSSR count). The highest BCUT2D eigenvalue weighted by molar-refractivity contribution is 7.12. The van der Waals surface area contributed by atoms with E-state index >= 15 is 0 Å². The second-order valence-electron chi connectivity index (χ2n) is 8.23. The molecule has 0 aliphatic carbocycles. The normalized spacial score (nSPS) is 16.2. The number of benzene rings is 2. The maximum absolute atomic E-state index is 13.4. The first-order valence-corrected chi connectivity index (χ1v) is 11.3. The number of carbonyl (C=O) groups is 2. The summed E-state index contributed by atoms with van der Waals surface area (Å²) in [6.45, 7) is 7.78. The number of amides is 1. The van der Waals surface area contributed by atoms with E-state index in [-0.39, 0.29) is 17.5 Å². The van der Waals surface area contributed by atoms with Crippen molar-refractivity contribution in [2.45, 2.75) is 39.8 Å². The fourth-order valence-corrected chi connectivity index (χ4v) is 4.76. The summed E-state index contributed by atoms with van der Waals surface area (Å²) in [5, 5.41) is 12.7. The first kappa shape index (κ1) is 21.8. The molecule has 164 valence electrons. The van der Waals surface area contributed by atoms with Crippen molar-refractivity contribution >= 4 is 28.7 Å². The van der Waals surface area contributed by atoms with Crippen molar-refractivity contribution in [3.63, 3.8) is 0 Å². The van der Waals surface area contributed by atoms with E-state index in [1.807, 2.05) is 70.2 Å². The van der Waals surface area contributed by atoms with Gasteiger partial charge in [0.25, 0.3) is 5.91 Å². The summed E-state index contributed by atoms with van der Waals surface area (Å²) >= 11 is 1.28. The van der Waals surface area contributed by atoms with E-state index < -0.39 is 17.7 Å². The van der Waals surface area contributed by atoms with Crippen molar-refractivity contribution in [2.75, 3.05) is 4.90 Å². The second-order valence-corrected chi connectivity index (χ2v) is 9.18. The molecule has 1 unspecified atom stereocenters. The minimum Gasteiger partial charge on any atom is -0.503 e. The molecule has 0 saturated carbocycles. The molecule has 2 heterocycles. The van der Waals surface area contributed by atoms with Gasteiger partial charge >= 0.3 is 0 Å². The predicted molar refractivity (Wildman–Crippen MR) is 127 cm³/mol. The van der Waals surface area contributed by atoms with Gasteiger partial charge in [0, 0.05) is 5.69 Å². The molecule has 1 aliphatic rings. The lowest BCUT2D eigenvalue weighted by molar-refractivity contribution is -0.117. The van der Waals surface area contributed by atoms with Gasteiger partial charge in [-0.1, -0.05) is 24.3 Å². The van der Waals surface area contributed by atoms with Gasteiger partial charge in [-0.05, 0) is 80.1 Å². The van der Waals surface area contributed by atoms with Crippen LogP contribution in [0.25, 0.3) is 0 Å². The third kappa shape index (κ3) is 4.06. The van der Waals surface area contributed by atoms with Crippen LogP contribution in [0.15, 0.2) is 71.3 Å². The van der Waals surface area contributed by atoms with Crippen molar-refractivity contribution in [3.8, 4) is 5.75 Å². The zero-order valence-corrected chi connectivity index (χ0v) is 19.3. The maximum Gasteiger partial charge on any atom is 0.294 e. The standard InChI is InChI=1S/C26H25NO4S/c1-15(2)31-20-8-5-7-18(14-20)23-22(24(28)21-9-6-10-32-21)25(29)26(30)27(23)19-12-16(3)11-17(4)13-19/h5-15,23,29H,1-4H3. The molecule has 2 aromatic carbocycles. The Morgan fingerprint density at radius 3 is 2.41 bits per heavy atom. The van der Waals surface area contributed by atoms with Crippen LogP contribution in [0.5, 0.6) is 5.75 Å². The summed E-state index contributed by atoms with van der Waals surface area (Å²) in [6, 6.07) is 15.8. The van der Waals surface area contributed by atoms with Gasteiger partial charge in [-0.25, -0.2) is 0 Å². The highest BCUT2D eigenvalue weighted by Crippen LogP contribution is 2.43. The van der Waals surface area contributed by atoms with Gasteiger partial charge in [0.2, 0.25) is 5.78 Å².